The number of rotatable bonds is 9. The average molecular weight is 516 g/mol. The van der Waals surface area contributed by atoms with E-state index in [0.29, 0.717) is 20.3 Å². The van der Waals surface area contributed by atoms with Crippen molar-refractivity contribution in [3.63, 3.8) is 0 Å². The van der Waals surface area contributed by atoms with Gasteiger partial charge in [0.05, 0.1) is 4.47 Å². The van der Waals surface area contributed by atoms with Crippen molar-refractivity contribution < 1.29 is 14.3 Å². The molecule has 2 aromatic carbocycles. The van der Waals surface area contributed by atoms with Crippen LogP contribution < -0.4 is 10.1 Å². The molecule has 2 amide bonds. The first-order valence-corrected chi connectivity index (χ1v) is 11.2. The standard InChI is InChI=1S/C22H25BrCl2N2O3/c1-4-14(2)26-22(29)15(3)27(12-16-6-5-7-17(24)10-16)21(28)13-30-20-9-8-18(25)11-19(20)23/h5-11,14-15H,4,12-13H2,1-3H3,(H,26,29)/t14-,15-/m0/s1. The minimum absolute atomic E-state index is 0.0179. The van der Waals surface area contributed by atoms with Gasteiger partial charge >= 0.3 is 0 Å². The molecule has 1 N–H and O–H groups in total. The van der Waals surface area contributed by atoms with Gasteiger partial charge in [0, 0.05) is 22.6 Å². The van der Waals surface area contributed by atoms with Gasteiger partial charge in [0.1, 0.15) is 11.8 Å². The zero-order chi connectivity index (χ0) is 22.3. The second kappa shape index (κ2) is 11.6. The van der Waals surface area contributed by atoms with Crippen molar-refractivity contribution in [2.75, 3.05) is 6.61 Å². The highest BCUT2D eigenvalue weighted by Gasteiger charge is 2.27. The van der Waals surface area contributed by atoms with Gasteiger partial charge in [-0.25, -0.2) is 0 Å². The molecule has 2 atom stereocenters. The first-order chi connectivity index (χ1) is 14.2. The van der Waals surface area contributed by atoms with Gasteiger partial charge in [-0.3, -0.25) is 9.59 Å². The van der Waals surface area contributed by atoms with Crippen LogP contribution in [0.2, 0.25) is 10.0 Å². The molecule has 2 aromatic rings. The second-order valence-electron chi connectivity index (χ2n) is 7.01. The topological polar surface area (TPSA) is 58.6 Å². The third kappa shape index (κ3) is 7.18. The molecule has 0 heterocycles. The maximum Gasteiger partial charge on any atom is 0.261 e. The first kappa shape index (κ1) is 24.5. The highest BCUT2D eigenvalue weighted by atomic mass is 79.9. The summed E-state index contributed by atoms with van der Waals surface area (Å²) in [5, 5.41) is 4.05. The summed E-state index contributed by atoms with van der Waals surface area (Å²) in [6.07, 6.45) is 0.800. The molecule has 30 heavy (non-hydrogen) atoms. The first-order valence-electron chi connectivity index (χ1n) is 9.63. The van der Waals surface area contributed by atoms with Crippen molar-refractivity contribution in [1.29, 1.82) is 0 Å². The smallest absolute Gasteiger partial charge is 0.261 e. The van der Waals surface area contributed by atoms with Crippen LogP contribution in [0.15, 0.2) is 46.9 Å². The Balaban J connectivity index is 2.18. The highest BCUT2D eigenvalue weighted by molar-refractivity contribution is 9.10. The molecule has 2 rings (SSSR count). The van der Waals surface area contributed by atoms with Crippen molar-refractivity contribution in [1.82, 2.24) is 10.2 Å². The Morgan fingerprint density at radius 2 is 1.83 bits per heavy atom. The zero-order valence-corrected chi connectivity index (χ0v) is 20.2. The van der Waals surface area contributed by atoms with Crippen molar-refractivity contribution >= 4 is 50.9 Å². The lowest BCUT2D eigenvalue weighted by molar-refractivity contribution is -0.142. The average Bonchev–Trinajstić information content (AvgIpc) is 2.70. The predicted molar refractivity (Wildman–Crippen MR) is 124 cm³/mol. The summed E-state index contributed by atoms with van der Waals surface area (Å²) in [4.78, 5) is 27.2. The predicted octanol–water partition coefficient (Wildman–Crippen LogP) is 5.47. The van der Waals surface area contributed by atoms with Gasteiger partial charge in [0.15, 0.2) is 6.61 Å². The Morgan fingerprint density at radius 1 is 1.13 bits per heavy atom. The summed E-state index contributed by atoms with van der Waals surface area (Å²) in [5.74, 6) is -0.0387. The van der Waals surface area contributed by atoms with E-state index in [1.165, 1.54) is 4.90 Å². The lowest BCUT2D eigenvalue weighted by atomic mass is 10.1. The Hall–Kier alpha value is -1.76. The molecule has 0 bridgehead atoms. The maximum atomic E-state index is 13.0. The zero-order valence-electron chi connectivity index (χ0n) is 17.1. The molecule has 162 valence electrons. The van der Waals surface area contributed by atoms with Crippen molar-refractivity contribution in [3.05, 3.63) is 62.5 Å². The normalized spacial score (nSPS) is 12.7. The van der Waals surface area contributed by atoms with Crippen LogP contribution in [0, 0.1) is 0 Å². The second-order valence-corrected chi connectivity index (χ2v) is 8.74. The fourth-order valence-corrected chi connectivity index (χ4v) is 3.70. The van der Waals surface area contributed by atoms with E-state index >= 15 is 0 Å². The molecule has 0 aliphatic carbocycles. The van der Waals surface area contributed by atoms with Gasteiger partial charge in [-0.15, -0.1) is 0 Å². The van der Waals surface area contributed by atoms with Crippen LogP contribution in [0.5, 0.6) is 5.75 Å². The summed E-state index contributed by atoms with van der Waals surface area (Å²) >= 11 is 15.4. The fraction of sp³-hybridized carbons (Fsp3) is 0.364. The van der Waals surface area contributed by atoms with E-state index in [1.807, 2.05) is 26.0 Å². The number of halogens is 3. The van der Waals surface area contributed by atoms with Gasteiger partial charge in [-0.05, 0) is 72.1 Å². The summed E-state index contributed by atoms with van der Waals surface area (Å²) in [7, 11) is 0. The minimum Gasteiger partial charge on any atom is -0.483 e. The van der Waals surface area contributed by atoms with E-state index in [0.717, 1.165) is 12.0 Å². The number of nitrogens with zero attached hydrogens (tertiary/aromatic N) is 1. The summed E-state index contributed by atoms with van der Waals surface area (Å²) in [6.45, 7) is 5.64. The molecule has 0 aromatic heterocycles. The van der Waals surface area contributed by atoms with E-state index in [-0.39, 0.29) is 31.0 Å². The van der Waals surface area contributed by atoms with Crippen LogP contribution in [-0.2, 0) is 16.1 Å². The molecule has 0 unspecified atom stereocenters. The Kier molecular flexibility index (Phi) is 9.46. The van der Waals surface area contributed by atoms with Crippen molar-refractivity contribution in [3.8, 4) is 5.75 Å². The Labute approximate surface area is 195 Å². The lowest BCUT2D eigenvalue weighted by Gasteiger charge is -2.29. The Bertz CT molecular complexity index is 894. The molecule has 0 radical (unpaired) electrons. The van der Waals surface area contributed by atoms with Crippen LogP contribution in [0.25, 0.3) is 0 Å². The molecule has 0 saturated carbocycles. The number of amides is 2. The number of hydrogen-bond donors (Lipinski definition) is 1. The minimum atomic E-state index is -0.678. The van der Waals surface area contributed by atoms with Gasteiger partial charge in [0.25, 0.3) is 5.91 Å². The van der Waals surface area contributed by atoms with Crippen LogP contribution >= 0.6 is 39.1 Å². The third-order valence-corrected chi connectivity index (χ3v) is 5.75. The number of hydrogen-bond acceptors (Lipinski definition) is 3. The van der Waals surface area contributed by atoms with Gasteiger partial charge in [0.2, 0.25) is 5.91 Å². The maximum absolute atomic E-state index is 13.0. The van der Waals surface area contributed by atoms with Crippen LogP contribution in [-0.4, -0.2) is 35.4 Å². The number of ether oxygens (including phenoxy) is 1. The van der Waals surface area contributed by atoms with Gasteiger partial charge in [-0.1, -0.05) is 42.3 Å². The van der Waals surface area contributed by atoms with E-state index in [1.54, 1.807) is 37.3 Å². The van der Waals surface area contributed by atoms with Crippen LogP contribution in [0.4, 0.5) is 0 Å². The van der Waals surface area contributed by atoms with E-state index in [2.05, 4.69) is 21.2 Å². The largest absolute Gasteiger partial charge is 0.483 e. The van der Waals surface area contributed by atoms with Crippen molar-refractivity contribution in [2.24, 2.45) is 0 Å². The molecule has 0 aliphatic heterocycles. The SMILES string of the molecule is CC[C@H](C)NC(=O)[C@H](C)N(Cc1cccc(Cl)c1)C(=O)COc1ccc(Cl)cc1Br. The number of carbonyl (C=O) groups is 2. The summed E-state index contributed by atoms with van der Waals surface area (Å²) in [6, 6.07) is 11.6. The summed E-state index contributed by atoms with van der Waals surface area (Å²) < 4.78 is 6.32. The fourth-order valence-electron chi connectivity index (χ4n) is 2.69. The third-order valence-electron chi connectivity index (χ3n) is 4.66. The Morgan fingerprint density at radius 3 is 2.47 bits per heavy atom. The molecule has 0 saturated heterocycles. The molecule has 5 nitrogen and oxygen atoms in total. The summed E-state index contributed by atoms with van der Waals surface area (Å²) in [5.41, 5.74) is 0.826. The quantitative estimate of drug-likeness (QED) is 0.482. The highest BCUT2D eigenvalue weighted by Crippen LogP contribution is 2.28. The molecule has 8 heteroatoms. The monoisotopic (exact) mass is 514 g/mol. The molecule has 0 fully saturated rings. The number of carbonyl (C=O) groups excluding carboxylic acids is 2. The van der Waals surface area contributed by atoms with E-state index < -0.39 is 6.04 Å². The molecular formula is C22H25BrCl2N2O3. The van der Waals surface area contributed by atoms with Gasteiger partial charge < -0.3 is 15.0 Å². The number of nitrogens with one attached hydrogen (secondary N) is 1. The molecule has 0 spiro atoms. The number of benzene rings is 2. The molecular weight excluding hydrogens is 491 g/mol. The lowest BCUT2D eigenvalue weighted by Crippen LogP contribution is -2.50. The van der Waals surface area contributed by atoms with Crippen molar-refractivity contribution in [2.45, 2.75) is 45.8 Å². The van der Waals surface area contributed by atoms with Gasteiger partial charge in [-0.2, -0.15) is 0 Å². The van der Waals surface area contributed by atoms with E-state index in [4.69, 9.17) is 27.9 Å². The van der Waals surface area contributed by atoms with E-state index in [9.17, 15) is 9.59 Å². The molecule has 0 aliphatic rings. The van der Waals surface area contributed by atoms with Crippen LogP contribution in [0.3, 0.4) is 0 Å². The van der Waals surface area contributed by atoms with Crippen LogP contribution in [0.1, 0.15) is 32.8 Å².